The summed E-state index contributed by atoms with van der Waals surface area (Å²) in [4.78, 5) is 59.1. The number of esters is 5. The van der Waals surface area contributed by atoms with E-state index in [1.165, 1.54) is 0 Å². The SMILES string of the molecule is CC(=O)OC[C@@H]1O[C@@H](OC(C)=O)[C@@H](OC(C)=O)[C@@H](OC(=O)COc2ccccc2)[C@H]1OC(C)=O. The molecule has 12 heteroatoms. The van der Waals surface area contributed by atoms with Crippen molar-refractivity contribution >= 4 is 29.8 Å². The Morgan fingerprint density at radius 1 is 0.735 bits per heavy atom. The van der Waals surface area contributed by atoms with Crippen LogP contribution in [0, 0.1) is 0 Å². The fourth-order valence-corrected chi connectivity index (χ4v) is 3.10. The molecule has 1 aromatic rings. The van der Waals surface area contributed by atoms with Crippen LogP contribution < -0.4 is 4.74 Å². The highest BCUT2D eigenvalue weighted by Gasteiger charge is 2.53. The van der Waals surface area contributed by atoms with Gasteiger partial charge in [0.1, 0.15) is 18.5 Å². The lowest BCUT2D eigenvalue weighted by Crippen LogP contribution is -2.63. The Kier molecular flexibility index (Phi) is 9.80. The number of rotatable bonds is 9. The molecule has 1 heterocycles. The second kappa shape index (κ2) is 12.5. The van der Waals surface area contributed by atoms with Crippen molar-refractivity contribution in [3.05, 3.63) is 30.3 Å². The summed E-state index contributed by atoms with van der Waals surface area (Å²) in [5.41, 5.74) is 0. The van der Waals surface area contributed by atoms with Crippen molar-refractivity contribution in [2.75, 3.05) is 13.2 Å². The molecule has 1 aromatic carbocycles. The Balaban J connectivity index is 2.33. The lowest BCUT2D eigenvalue weighted by atomic mass is 9.98. The molecule has 0 spiro atoms. The molecular formula is C22H26O12. The first-order chi connectivity index (χ1) is 16.1. The number of benzene rings is 1. The molecule has 0 aliphatic carbocycles. The van der Waals surface area contributed by atoms with Crippen molar-refractivity contribution in [3.8, 4) is 5.75 Å². The third kappa shape index (κ3) is 8.35. The average molecular weight is 482 g/mol. The number of hydrogen-bond acceptors (Lipinski definition) is 12. The third-order valence-corrected chi connectivity index (χ3v) is 4.30. The second-order valence-electron chi connectivity index (χ2n) is 7.16. The van der Waals surface area contributed by atoms with Gasteiger partial charge in [-0.3, -0.25) is 19.2 Å². The summed E-state index contributed by atoms with van der Waals surface area (Å²) in [6.45, 7) is 3.43. The summed E-state index contributed by atoms with van der Waals surface area (Å²) < 4.78 is 37.0. The van der Waals surface area contributed by atoms with Crippen molar-refractivity contribution in [3.63, 3.8) is 0 Å². The van der Waals surface area contributed by atoms with Gasteiger partial charge in [0.05, 0.1) is 0 Å². The standard InChI is InChI=1S/C22H26O12/c1-12(23)28-10-17-19(30-13(2)24)20(21(31-14(3)25)22(33-17)32-15(4)26)34-18(27)11-29-16-8-6-5-7-9-16/h5-9,17,19-22H,10-11H2,1-4H3/t17-,19-,20-,21-,22+/m0/s1. The Morgan fingerprint density at radius 2 is 1.32 bits per heavy atom. The molecule has 12 nitrogen and oxygen atoms in total. The van der Waals surface area contributed by atoms with Gasteiger partial charge in [-0.05, 0) is 12.1 Å². The molecule has 0 unspecified atom stereocenters. The van der Waals surface area contributed by atoms with E-state index in [1.807, 2.05) is 0 Å². The largest absolute Gasteiger partial charge is 0.482 e. The van der Waals surface area contributed by atoms with Crippen LogP contribution in [0.4, 0.5) is 0 Å². The first kappa shape index (κ1) is 26.6. The van der Waals surface area contributed by atoms with E-state index in [1.54, 1.807) is 30.3 Å². The minimum absolute atomic E-state index is 0.394. The number of ether oxygens (including phenoxy) is 7. The fraction of sp³-hybridized carbons (Fsp3) is 0.500. The Hall–Kier alpha value is -3.67. The molecule has 1 aliphatic rings. The maximum Gasteiger partial charge on any atom is 0.344 e. The Morgan fingerprint density at radius 3 is 1.88 bits per heavy atom. The molecule has 1 saturated heterocycles. The zero-order valence-corrected chi connectivity index (χ0v) is 19.1. The first-order valence-corrected chi connectivity index (χ1v) is 10.2. The van der Waals surface area contributed by atoms with Gasteiger partial charge in [0.25, 0.3) is 0 Å². The minimum atomic E-state index is -1.55. The van der Waals surface area contributed by atoms with E-state index in [0.29, 0.717) is 5.75 Å². The molecular weight excluding hydrogens is 456 g/mol. The first-order valence-electron chi connectivity index (χ1n) is 10.2. The van der Waals surface area contributed by atoms with Gasteiger partial charge in [0.15, 0.2) is 18.8 Å². The third-order valence-electron chi connectivity index (χ3n) is 4.30. The minimum Gasteiger partial charge on any atom is -0.482 e. The zero-order chi connectivity index (χ0) is 25.3. The number of carbonyl (C=O) groups excluding carboxylic acids is 5. The smallest absolute Gasteiger partial charge is 0.344 e. The van der Waals surface area contributed by atoms with Crippen LogP contribution in [0.1, 0.15) is 27.7 Å². The maximum absolute atomic E-state index is 12.6. The van der Waals surface area contributed by atoms with Crippen molar-refractivity contribution in [2.24, 2.45) is 0 Å². The van der Waals surface area contributed by atoms with E-state index in [2.05, 4.69) is 0 Å². The molecule has 0 radical (unpaired) electrons. The molecule has 0 bridgehead atoms. The van der Waals surface area contributed by atoms with Crippen LogP contribution in [0.3, 0.4) is 0 Å². The molecule has 5 atom stereocenters. The van der Waals surface area contributed by atoms with E-state index in [4.69, 9.17) is 33.2 Å². The van der Waals surface area contributed by atoms with Gasteiger partial charge in [-0.2, -0.15) is 0 Å². The van der Waals surface area contributed by atoms with Gasteiger partial charge in [-0.15, -0.1) is 0 Å². The average Bonchev–Trinajstić information content (AvgIpc) is 2.74. The van der Waals surface area contributed by atoms with E-state index >= 15 is 0 Å². The van der Waals surface area contributed by atoms with Crippen LogP contribution in [-0.2, 0) is 52.4 Å². The van der Waals surface area contributed by atoms with Gasteiger partial charge < -0.3 is 33.2 Å². The van der Waals surface area contributed by atoms with Crippen LogP contribution in [-0.4, -0.2) is 73.8 Å². The van der Waals surface area contributed by atoms with E-state index in [0.717, 1.165) is 27.7 Å². The molecule has 1 aliphatic heterocycles. The molecule has 0 saturated carbocycles. The molecule has 0 N–H and O–H groups in total. The number of hydrogen-bond donors (Lipinski definition) is 0. The summed E-state index contributed by atoms with van der Waals surface area (Å²) in [6, 6.07) is 8.42. The Labute approximate surface area is 195 Å². The summed E-state index contributed by atoms with van der Waals surface area (Å²) in [7, 11) is 0. The fourth-order valence-electron chi connectivity index (χ4n) is 3.10. The van der Waals surface area contributed by atoms with Crippen LogP contribution in [0.25, 0.3) is 0 Å². The molecule has 1 fully saturated rings. The zero-order valence-electron chi connectivity index (χ0n) is 19.1. The highest BCUT2D eigenvalue weighted by atomic mass is 16.7. The number of carbonyl (C=O) groups is 5. The van der Waals surface area contributed by atoms with Crippen molar-refractivity contribution in [2.45, 2.75) is 58.4 Å². The predicted molar refractivity (Wildman–Crippen MR) is 110 cm³/mol. The molecule has 2 rings (SSSR count). The van der Waals surface area contributed by atoms with Crippen molar-refractivity contribution in [1.82, 2.24) is 0 Å². The van der Waals surface area contributed by atoms with Gasteiger partial charge in [-0.25, -0.2) is 4.79 Å². The Bertz CT molecular complexity index is 883. The van der Waals surface area contributed by atoms with Crippen LogP contribution in [0.15, 0.2) is 30.3 Å². The van der Waals surface area contributed by atoms with Gasteiger partial charge in [-0.1, -0.05) is 18.2 Å². The van der Waals surface area contributed by atoms with E-state index < -0.39 is 73.8 Å². The van der Waals surface area contributed by atoms with Crippen LogP contribution in [0.5, 0.6) is 5.75 Å². The molecule has 0 aromatic heterocycles. The quantitative estimate of drug-likeness (QED) is 0.360. The highest BCUT2D eigenvalue weighted by molar-refractivity contribution is 5.72. The lowest BCUT2D eigenvalue weighted by Gasteiger charge is -2.43. The lowest BCUT2D eigenvalue weighted by molar-refractivity contribution is -0.300. The monoisotopic (exact) mass is 482 g/mol. The van der Waals surface area contributed by atoms with Crippen molar-refractivity contribution < 1.29 is 57.1 Å². The maximum atomic E-state index is 12.6. The molecule has 0 amide bonds. The summed E-state index contributed by atoms with van der Waals surface area (Å²) in [5, 5.41) is 0. The molecule has 186 valence electrons. The van der Waals surface area contributed by atoms with Crippen molar-refractivity contribution in [1.29, 1.82) is 0 Å². The summed E-state index contributed by atoms with van der Waals surface area (Å²) in [6.07, 6.45) is -7.15. The van der Waals surface area contributed by atoms with Gasteiger partial charge >= 0.3 is 29.8 Å². The second-order valence-corrected chi connectivity index (χ2v) is 7.16. The van der Waals surface area contributed by atoms with Gasteiger partial charge in [0.2, 0.25) is 12.4 Å². The van der Waals surface area contributed by atoms with E-state index in [9.17, 15) is 24.0 Å². The normalized spacial score (nSPS) is 23.7. The topological polar surface area (TPSA) is 150 Å². The van der Waals surface area contributed by atoms with Gasteiger partial charge in [0, 0.05) is 27.7 Å². The highest BCUT2D eigenvalue weighted by Crippen LogP contribution is 2.30. The summed E-state index contributed by atoms with van der Waals surface area (Å²) in [5.74, 6) is -3.57. The van der Waals surface area contributed by atoms with Crippen LogP contribution in [0.2, 0.25) is 0 Å². The molecule has 34 heavy (non-hydrogen) atoms. The summed E-state index contributed by atoms with van der Waals surface area (Å²) >= 11 is 0. The predicted octanol–water partition coefficient (Wildman–Crippen LogP) is 0.692. The van der Waals surface area contributed by atoms with Crippen LogP contribution >= 0.6 is 0 Å². The number of para-hydroxylation sites is 1. The van der Waals surface area contributed by atoms with E-state index in [-0.39, 0.29) is 0 Å².